The van der Waals surface area contributed by atoms with Crippen LogP contribution in [0.25, 0.3) is 5.69 Å². The number of aryl methyl sites for hydroxylation is 1. The maximum absolute atomic E-state index is 13.1. The molecule has 3 aromatic rings. The van der Waals surface area contributed by atoms with Crippen LogP contribution in [0.2, 0.25) is 10.0 Å². The highest BCUT2D eigenvalue weighted by atomic mass is 35.5. The fraction of sp³-hybridized carbons (Fsp3) is 0.200. The van der Waals surface area contributed by atoms with Crippen LogP contribution in [0, 0.1) is 19.7 Å². The van der Waals surface area contributed by atoms with Crippen molar-refractivity contribution in [3.05, 3.63) is 80.8 Å². The van der Waals surface area contributed by atoms with Gasteiger partial charge >= 0.3 is 0 Å². The molecule has 0 bridgehead atoms. The Bertz CT molecular complexity index is 1000. The van der Waals surface area contributed by atoms with E-state index in [4.69, 9.17) is 23.2 Å². The number of amides is 1. The lowest BCUT2D eigenvalue weighted by molar-refractivity contribution is -0.120. The number of hydrogen-bond acceptors (Lipinski definition) is 2. The van der Waals surface area contributed by atoms with Crippen molar-refractivity contribution in [1.29, 1.82) is 0 Å². The van der Waals surface area contributed by atoms with Crippen LogP contribution in [0.3, 0.4) is 0 Å². The number of benzene rings is 2. The summed E-state index contributed by atoms with van der Waals surface area (Å²) >= 11 is 12.3. The number of carbonyl (C=O) groups is 1. The van der Waals surface area contributed by atoms with Gasteiger partial charge in [-0.1, -0.05) is 41.4 Å². The molecule has 0 spiro atoms. The van der Waals surface area contributed by atoms with E-state index < -0.39 is 5.82 Å². The standard InChI is InChI=1S/C20H18Cl2FN3O/c1-12-16(13(2)26(25-12)19-6-4-3-5-17(19)21)10-20(27)24-11-14-7-8-15(23)9-18(14)22/h3-9H,10-11H2,1-2H3,(H,24,27). The molecule has 1 N–H and O–H groups in total. The zero-order chi connectivity index (χ0) is 19.6. The number of carbonyl (C=O) groups excluding carboxylic acids is 1. The van der Waals surface area contributed by atoms with Gasteiger partial charge in [-0.05, 0) is 43.7 Å². The van der Waals surface area contributed by atoms with Gasteiger partial charge in [-0.25, -0.2) is 9.07 Å². The van der Waals surface area contributed by atoms with Gasteiger partial charge in [0.1, 0.15) is 5.82 Å². The fourth-order valence-corrected chi connectivity index (χ4v) is 3.32. The molecule has 0 saturated heterocycles. The third-order valence-electron chi connectivity index (χ3n) is 4.35. The van der Waals surface area contributed by atoms with Gasteiger partial charge in [-0.2, -0.15) is 5.10 Å². The maximum atomic E-state index is 13.1. The second kappa shape index (κ2) is 8.11. The number of nitrogens with one attached hydrogen (secondary N) is 1. The molecule has 3 rings (SSSR count). The molecule has 0 radical (unpaired) electrons. The molecule has 0 saturated carbocycles. The summed E-state index contributed by atoms with van der Waals surface area (Å²) in [5.41, 5.74) is 3.90. The minimum atomic E-state index is -0.409. The van der Waals surface area contributed by atoms with Crippen LogP contribution in [-0.4, -0.2) is 15.7 Å². The number of nitrogens with zero attached hydrogens (tertiary/aromatic N) is 2. The lowest BCUT2D eigenvalue weighted by Gasteiger charge is -2.09. The molecule has 1 aromatic heterocycles. The van der Waals surface area contributed by atoms with Crippen molar-refractivity contribution in [1.82, 2.24) is 15.1 Å². The molecule has 4 nitrogen and oxygen atoms in total. The summed E-state index contributed by atoms with van der Waals surface area (Å²) in [7, 11) is 0. The molecule has 1 heterocycles. The van der Waals surface area contributed by atoms with E-state index in [0.29, 0.717) is 10.6 Å². The number of hydrogen-bond donors (Lipinski definition) is 1. The average molecular weight is 406 g/mol. The zero-order valence-electron chi connectivity index (χ0n) is 14.9. The first kappa shape index (κ1) is 19.4. The molecule has 0 atom stereocenters. The van der Waals surface area contributed by atoms with E-state index in [1.807, 2.05) is 32.0 Å². The van der Waals surface area contributed by atoms with Gasteiger partial charge < -0.3 is 5.32 Å². The van der Waals surface area contributed by atoms with Crippen LogP contribution < -0.4 is 5.32 Å². The molecule has 0 fully saturated rings. The number of rotatable bonds is 5. The summed E-state index contributed by atoms with van der Waals surface area (Å²) in [6.45, 7) is 4.00. The highest BCUT2D eigenvalue weighted by Crippen LogP contribution is 2.24. The predicted octanol–water partition coefficient (Wildman–Crippen LogP) is 4.79. The Morgan fingerprint density at radius 1 is 1.15 bits per heavy atom. The second-order valence-corrected chi connectivity index (χ2v) is 7.02. The smallest absolute Gasteiger partial charge is 0.224 e. The second-order valence-electron chi connectivity index (χ2n) is 6.20. The molecule has 1 amide bonds. The first-order valence-corrected chi connectivity index (χ1v) is 9.13. The van der Waals surface area contributed by atoms with Crippen molar-refractivity contribution in [3.63, 3.8) is 0 Å². The minimum Gasteiger partial charge on any atom is -0.352 e. The van der Waals surface area contributed by atoms with Crippen LogP contribution in [-0.2, 0) is 17.8 Å². The molecule has 0 aliphatic heterocycles. The van der Waals surface area contributed by atoms with Gasteiger partial charge in [0.05, 0.1) is 22.8 Å². The van der Waals surface area contributed by atoms with Crippen LogP contribution >= 0.6 is 23.2 Å². The number of para-hydroxylation sites is 1. The van der Waals surface area contributed by atoms with E-state index in [2.05, 4.69) is 10.4 Å². The van der Waals surface area contributed by atoms with Gasteiger partial charge in [-0.15, -0.1) is 0 Å². The van der Waals surface area contributed by atoms with Crippen molar-refractivity contribution in [3.8, 4) is 5.69 Å². The molecule has 7 heteroatoms. The Hall–Kier alpha value is -2.37. The van der Waals surface area contributed by atoms with E-state index in [9.17, 15) is 9.18 Å². The van der Waals surface area contributed by atoms with Crippen molar-refractivity contribution in [2.24, 2.45) is 0 Å². The van der Waals surface area contributed by atoms with Crippen LogP contribution in [0.1, 0.15) is 22.5 Å². The van der Waals surface area contributed by atoms with Crippen LogP contribution in [0.4, 0.5) is 4.39 Å². The van der Waals surface area contributed by atoms with Gasteiger partial charge in [0, 0.05) is 22.8 Å². The predicted molar refractivity (Wildman–Crippen MR) is 105 cm³/mol. The number of aromatic nitrogens is 2. The van der Waals surface area contributed by atoms with E-state index >= 15 is 0 Å². The third-order valence-corrected chi connectivity index (χ3v) is 5.02. The third kappa shape index (κ3) is 4.31. The summed E-state index contributed by atoms with van der Waals surface area (Å²) in [6, 6.07) is 11.5. The zero-order valence-corrected chi connectivity index (χ0v) is 16.4. The largest absolute Gasteiger partial charge is 0.352 e. The Morgan fingerprint density at radius 3 is 2.59 bits per heavy atom. The van der Waals surface area contributed by atoms with Crippen LogP contribution in [0.5, 0.6) is 0 Å². The highest BCUT2D eigenvalue weighted by Gasteiger charge is 2.17. The van der Waals surface area contributed by atoms with E-state index in [-0.39, 0.29) is 23.9 Å². The Balaban J connectivity index is 1.74. The van der Waals surface area contributed by atoms with Gasteiger partial charge in [0.2, 0.25) is 5.91 Å². The Labute approximate surface area is 166 Å². The summed E-state index contributed by atoms with van der Waals surface area (Å²) in [5.74, 6) is -0.575. The Morgan fingerprint density at radius 2 is 1.89 bits per heavy atom. The molecule has 2 aromatic carbocycles. The van der Waals surface area contributed by atoms with Crippen molar-refractivity contribution in [2.45, 2.75) is 26.8 Å². The van der Waals surface area contributed by atoms with E-state index in [1.54, 1.807) is 16.8 Å². The van der Waals surface area contributed by atoms with Gasteiger partial charge in [0.15, 0.2) is 0 Å². The summed E-state index contributed by atoms with van der Waals surface area (Å²) in [4.78, 5) is 12.4. The van der Waals surface area contributed by atoms with Crippen molar-refractivity contribution in [2.75, 3.05) is 0 Å². The molecular formula is C20H18Cl2FN3O. The maximum Gasteiger partial charge on any atom is 0.224 e. The fourth-order valence-electron chi connectivity index (χ4n) is 2.87. The molecular weight excluding hydrogens is 388 g/mol. The molecule has 140 valence electrons. The number of halogens is 3. The molecule has 27 heavy (non-hydrogen) atoms. The average Bonchev–Trinajstić information content (AvgIpc) is 2.89. The van der Waals surface area contributed by atoms with E-state index in [0.717, 1.165) is 22.6 Å². The molecule has 0 unspecified atom stereocenters. The van der Waals surface area contributed by atoms with Crippen molar-refractivity contribution >= 4 is 29.1 Å². The van der Waals surface area contributed by atoms with Crippen molar-refractivity contribution < 1.29 is 9.18 Å². The monoisotopic (exact) mass is 405 g/mol. The summed E-state index contributed by atoms with van der Waals surface area (Å²) in [6.07, 6.45) is 0.181. The SMILES string of the molecule is Cc1nn(-c2ccccc2Cl)c(C)c1CC(=O)NCc1ccc(F)cc1Cl. The van der Waals surface area contributed by atoms with Gasteiger partial charge in [0.25, 0.3) is 0 Å². The quantitative estimate of drug-likeness (QED) is 0.662. The normalized spacial score (nSPS) is 10.9. The van der Waals surface area contributed by atoms with Gasteiger partial charge in [-0.3, -0.25) is 4.79 Å². The molecule has 0 aliphatic rings. The summed E-state index contributed by atoms with van der Waals surface area (Å²) in [5, 5.41) is 8.21. The summed E-state index contributed by atoms with van der Waals surface area (Å²) < 4.78 is 14.9. The highest BCUT2D eigenvalue weighted by molar-refractivity contribution is 6.32. The molecule has 0 aliphatic carbocycles. The minimum absolute atomic E-state index is 0.166. The first-order chi connectivity index (χ1) is 12.9. The lowest BCUT2D eigenvalue weighted by Crippen LogP contribution is -2.25. The lowest BCUT2D eigenvalue weighted by atomic mass is 10.1. The van der Waals surface area contributed by atoms with Crippen LogP contribution in [0.15, 0.2) is 42.5 Å². The Kier molecular flexibility index (Phi) is 5.82. The van der Waals surface area contributed by atoms with E-state index in [1.165, 1.54) is 12.1 Å². The topological polar surface area (TPSA) is 46.9 Å². The first-order valence-electron chi connectivity index (χ1n) is 8.37.